The number of unbranched alkanes of at least 4 members (excludes halogenated alkanes) is 2. The van der Waals surface area contributed by atoms with Crippen molar-refractivity contribution in [1.29, 1.82) is 0 Å². The van der Waals surface area contributed by atoms with Crippen LogP contribution in [0.4, 0.5) is 0 Å². The molecule has 0 aromatic carbocycles. The van der Waals surface area contributed by atoms with Gasteiger partial charge in [0.1, 0.15) is 11.5 Å². The number of esters is 1. The summed E-state index contributed by atoms with van der Waals surface area (Å²) < 4.78 is 5.89. The molecule has 26 heavy (non-hydrogen) atoms. The second kappa shape index (κ2) is 10.7. The maximum absolute atomic E-state index is 13.4. The van der Waals surface area contributed by atoms with Gasteiger partial charge in [0.2, 0.25) is 0 Å². The van der Waals surface area contributed by atoms with Crippen molar-refractivity contribution in [3.05, 3.63) is 22.5 Å². The van der Waals surface area contributed by atoms with Gasteiger partial charge in [-0.2, -0.15) is 0 Å². The summed E-state index contributed by atoms with van der Waals surface area (Å²) in [5, 5.41) is 0. The number of Topliss-reactive ketones (excluding diaryl/α,β-unsaturated/α-hetero) is 1. The van der Waals surface area contributed by atoms with Crippen LogP contribution < -0.4 is 0 Å². The fourth-order valence-electron chi connectivity index (χ4n) is 4.42. The monoisotopic (exact) mass is 362 g/mol. The van der Waals surface area contributed by atoms with Crippen LogP contribution in [-0.2, 0) is 14.3 Å². The maximum atomic E-state index is 13.4. The number of ether oxygens (including phenoxy) is 1. The molecule has 0 saturated heterocycles. The topological polar surface area (TPSA) is 43.4 Å². The molecule has 3 heteroatoms. The highest BCUT2D eigenvalue weighted by atomic mass is 16.5. The summed E-state index contributed by atoms with van der Waals surface area (Å²) in [5.74, 6) is 0.864. The minimum Gasteiger partial charge on any atom is -0.426 e. The van der Waals surface area contributed by atoms with Gasteiger partial charge in [0.05, 0.1) is 5.41 Å². The summed E-state index contributed by atoms with van der Waals surface area (Å²) in [6.07, 6.45) is 7.91. The average Bonchev–Trinajstić information content (AvgIpc) is 2.92. The Bertz CT molecular complexity index is 568. The minimum absolute atomic E-state index is 0.165. The molecule has 1 atom stereocenters. The molecule has 1 unspecified atom stereocenters. The van der Waals surface area contributed by atoms with E-state index in [2.05, 4.69) is 41.5 Å². The molecule has 148 valence electrons. The van der Waals surface area contributed by atoms with Gasteiger partial charge >= 0.3 is 5.97 Å². The van der Waals surface area contributed by atoms with Crippen molar-refractivity contribution in [1.82, 2.24) is 0 Å². The van der Waals surface area contributed by atoms with Crippen molar-refractivity contribution in [3.63, 3.8) is 0 Å². The fourth-order valence-corrected chi connectivity index (χ4v) is 4.42. The van der Waals surface area contributed by atoms with Crippen molar-refractivity contribution < 1.29 is 14.3 Å². The molecule has 0 radical (unpaired) electrons. The molecule has 0 saturated carbocycles. The van der Waals surface area contributed by atoms with E-state index in [1.54, 1.807) is 0 Å². The van der Waals surface area contributed by atoms with Crippen molar-refractivity contribution in [2.75, 3.05) is 0 Å². The number of allylic oxidation sites excluding steroid dienone is 3. The highest BCUT2D eigenvalue weighted by molar-refractivity contribution is 5.93. The molecule has 0 N–H and O–H groups in total. The molecule has 0 fully saturated rings. The Hall–Kier alpha value is -1.38. The van der Waals surface area contributed by atoms with E-state index in [1.165, 1.54) is 5.57 Å². The Balaban J connectivity index is 3.43. The Labute approximate surface area is 160 Å². The predicted molar refractivity (Wildman–Crippen MR) is 108 cm³/mol. The highest BCUT2D eigenvalue weighted by Crippen LogP contribution is 2.54. The van der Waals surface area contributed by atoms with Crippen LogP contribution in [0.5, 0.6) is 0 Å². The summed E-state index contributed by atoms with van der Waals surface area (Å²) >= 11 is 0. The van der Waals surface area contributed by atoms with Crippen LogP contribution in [0.2, 0.25) is 0 Å². The van der Waals surface area contributed by atoms with Gasteiger partial charge in [-0.25, -0.2) is 0 Å². The van der Waals surface area contributed by atoms with Crippen LogP contribution in [-0.4, -0.2) is 11.8 Å². The van der Waals surface area contributed by atoms with Crippen LogP contribution >= 0.6 is 0 Å². The highest BCUT2D eigenvalue weighted by Gasteiger charge is 2.49. The minimum atomic E-state index is -0.551. The number of hydrogen-bond acceptors (Lipinski definition) is 3. The van der Waals surface area contributed by atoms with Gasteiger partial charge in [0.15, 0.2) is 0 Å². The summed E-state index contributed by atoms with van der Waals surface area (Å²) in [6.45, 7) is 12.6. The molecule has 0 amide bonds. The van der Waals surface area contributed by atoms with Crippen LogP contribution in [0.15, 0.2) is 22.5 Å². The van der Waals surface area contributed by atoms with Crippen LogP contribution in [0.1, 0.15) is 106 Å². The zero-order chi connectivity index (χ0) is 19.7. The zero-order valence-corrected chi connectivity index (χ0v) is 17.8. The zero-order valence-electron chi connectivity index (χ0n) is 17.8. The first-order valence-electron chi connectivity index (χ1n) is 10.7. The maximum Gasteiger partial charge on any atom is 0.311 e. The molecular formula is C23H38O3. The SMILES string of the molecule is CCCCC(=O)OC1=C(CC)C(CC)(C(=O)CCCC)C(CC)=C1CC. The van der Waals surface area contributed by atoms with Gasteiger partial charge in [-0.1, -0.05) is 54.4 Å². The lowest BCUT2D eigenvalue weighted by Crippen LogP contribution is -2.33. The second-order valence-electron chi connectivity index (χ2n) is 7.19. The van der Waals surface area contributed by atoms with Crippen molar-refractivity contribution in [2.24, 2.45) is 5.41 Å². The van der Waals surface area contributed by atoms with Gasteiger partial charge in [-0.05, 0) is 55.2 Å². The molecule has 3 nitrogen and oxygen atoms in total. The first-order chi connectivity index (χ1) is 12.5. The lowest BCUT2D eigenvalue weighted by molar-refractivity contribution is -0.139. The summed E-state index contributed by atoms with van der Waals surface area (Å²) in [5.41, 5.74) is 2.78. The Morgan fingerprint density at radius 3 is 1.85 bits per heavy atom. The van der Waals surface area contributed by atoms with E-state index in [9.17, 15) is 9.59 Å². The van der Waals surface area contributed by atoms with Gasteiger partial charge in [0, 0.05) is 12.8 Å². The number of ketones is 1. The number of carbonyl (C=O) groups excluding carboxylic acids is 2. The molecule has 1 aliphatic rings. The third-order valence-electron chi connectivity index (χ3n) is 5.72. The Kier molecular flexibility index (Phi) is 9.32. The van der Waals surface area contributed by atoms with E-state index in [1.807, 2.05) is 0 Å². The summed E-state index contributed by atoms with van der Waals surface area (Å²) in [7, 11) is 0. The second-order valence-corrected chi connectivity index (χ2v) is 7.19. The molecule has 1 aliphatic carbocycles. The van der Waals surface area contributed by atoms with Gasteiger partial charge in [-0.3, -0.25) is 9.59 Å². The third-order valence-corrected chi connectivity index (χ3v) is 5.72. The van der Waals surface area contributed by atoms with Crippen LogP contribution in [0.3, 0.4) is 0 Å². The molecule has 0 bridgehead atoms. The van der Waals surface area contributed by atoms with Crippen molar-refractivity contribution in [3.8, 4) is 0 Å². The first kappa shape index (κ1) is 22.7. The lowest BCUT2D eigenvalue weighted by atomic mass is 9.68. The fraction of sp³-hybridized carbons (Fsp3) is 0.739. The van der Waals surface area contributed by atoms with Gasteiger partial charge in [0.25, 0.3) is 0 Å². The first-order valence-corrected chi connectivity index (χ1v) is 10.7. The Morgan fingerprint density at radius 1 is 0.808 bits per heavy atom. The Morgan fingerprint density at radius 2 is 1.38 bits per heavy atom. The smallest absolute Gasteiger partial charge is 0.311 e. The van der Waals surface area contributed by atoms with E-state index in [0.717, 1.165) is 68.3 Å². The summed E-state index contributed by atoms with van der Waals surface area (Å²) in [4.78, 5) is 25.7. The third kappa shape index (κ3) is 4.29. The number of rotatable bonds is 12. The van der Waals surface area contributed by atoms with E-state index in [-0.39, 0.29) is 5.97 Å². The predicted octanol–water partition coefficient (Wildman–Crippen LogP) is 6.67. The van der Waals surface area contributed by atoms with Crippen molar-refractivity contribution in [2.45, 2.75) is 106 Å². The number of carbonyl (C=O) groups is 2. The molecule has 0 heterocycles. The largest absolute Gasteiger partial charge is 0.426 e. The van der Waals surface area contributed by atoms with Gasteiger partial charge < -0.3 is 4.74 Å². The van der Waals surface area contributed by atoms with E-state index in [0.29, 0.717) is 18.6 Å². The average molecular weight is 363 g/mol. The lowest BCUT2D eigenvalue weighted by Gasteiger charge is -2.33. The van der Waals surface area contributed by atoms with Gasteiger partial charge in [-0.15, -0.1) is 0 Å². The van der Waals surface area contributed by atoms with E-state index >= 15 is 0 Å². The van der Waals surface area contributed by atoms with E-state index < -0.39 is 5.41 Å². The van der Waals surface area contributed by atoms with Crippen molar-refractivity contribution >= 4 is 11.8 Å². The summed E-state index contributed by atoms with van der Waals surface area (Å²) in [6, 6.07) is 0. The molecular weight excluding hydrogens is 324 g/mol. The number of hydrogen-bond donors (Lipinski definition) is 0. The molecule has 0 aromatic heterocycles. The van der Waals surface area contributed by atoms with Crippen LogP contribution in [0, 0.1) is 5.41 Å². The molecule has 1 rings (SSSR count). The molecule has 0 spiro atoms. The molecule has 0 aliphatic heterocycles. The normalized spacial score (nSPS) is 20.1. The molecule has 0 aromatic rings. The quantitative estimate of drug-likeness (QED) is 0.364. The van der Waals surface area contributed by atoms with E-state index in [4.69, 9.17) is 4.74 Å². The standard InChI is InChI=1S/C23H38O3/c1-7-13-15-20(24)23(12-6)18(10-4)17(9-3)22(19(23)11-5)26-21(25)16-14-8-2/h7-16H2,1-6H3. The van der Waals surface area contributed by atoms with Crippen LogP contribution in [0.25, 0.3) is 0 Å².